The number of non-ortho nitro benzene ring substituents is 1. The molecule has 0 radical (unpaired) electrons. The van der Waals surface area contributed by atoms with Crippen molar-refractivity contribution >= 4 is 26.8 Å². The van der Waals surface area contributed by atoms with Crippen LogP contribution >= 0.6 is 0 Å². The Balaban J connectivity index is 2.05. The van der Waals surface area contributed by atoms with Crippen LogP contribution in [0.25, 0.3) is 11.0 Å². The number of nitro groups is 1. The Kier molecular flexibility index (Phi) is 4.34. The standard InChI is InChI=1S/C16H11NO8S/c1-23-13-6-4-11(17(19)20)8-15(13)26(21,22)25-12-5-2-10-3-7-16(18)24-14(10)9-12/h2-9H,1H3. The number of rotatable bonds is 5. The molecule has 0 atom stereocenters. The summed E-state index contributed by atoms with van der Waals surface area (Å²) in [5.74, 6) is -0.233. The van der Waals surface area contributed by atoms with Crippen molar-refractivity contribution in [2.24, 2.45) is 0 Å². The first-order chi connectivity index (χ1) is 12.3. The third kappa shape index (κ3) is 3.35. The number of nitrogens with zero attached hydrogens (tertiary/aromatic N) is 1. The zero-order valence-corrected chi connectivity index (χ0v) is 14.1. The maximum absolute atomic E-state index is 12.5. The summed E-state index contributed by atoms with van der Waals surface area (Å²) >= 11 is 0. The van der Waals surface area contributed by atoms with E-state index in [0.717, 1.165) is 18.2 Å². The normalized spacial score (nSPS) is 11.3. The van der Waals surface area contributed by atoms with Crippen molar-refractivity contribution in [2.45, 2.75) is 4.90 Å². The first-order valence-electron chi connectivity index (χ1n) is 7.11. The van der Waals surface area contributed by atoms with E-state index >= 15 is 0 Å². The smallest absolute Gasteiger partial charge is 0.343 e. The molecule has 0 aliphatic carbocycles. The second-order valence-corrected chi connectivity index (χ2v) is 6.60. The monoisotopic (exact) mass is 377 g/mol. The SMILES string of the molecule is COc1ccc([N+](=O)[O-])cc1S(=O)(=O)Oc1ccc2ccc(=O)oc2c1. The van der Waals surface area contributed by atoms with Gasteiger partial charge in [-0.1, -0.05) is 0 Å². The van der Waals surface area contributed by atoms with Gasteiger partial charge in [-0.3, -0.25) is 10.1 Å². The molecule has 10 heteroatoms. The summed E-state index contributed by atoms with van der Waals surface area (Å²) in [6.45, 7) is 0. The molecule has 134 valence electrons. The minimum absolute atomic E-state index is 0.108. The summed E-state index contributed by atoms with van der Waals surface area (Å²) in [4.78, 5) is 21.0. The van der Waals surface area contributed by atoms with E-state index < -0.39 is 31.2 Å². The van der Waals surface area contributed by atoms with E-state index in [4.69, 9.17) is 13.3 Å². The zero-order chi connectivity index (χ0) is 18.9. The van der Waals surface area contributed by atoms with Crippen LogP contribution in [0.2, 0.25) is 0 Å². The fraction of sp³-hybridized carbons (Fsp3) is 0.0625. The molecule has 26 heavy (non-hydrogen) atoms. The molecule has 1 heterocycles. The van der Waals surface area contributed by atoms with Crippen molar-refractivity contribution in [3.05, 3.63) is 69.1 Å². The van der Waals surface area contributed by atoms with Crippen LogP contribution in [0.15, 0.2) is 62.6 Å². The molecule has 0 aliphatic rings. The quantitative estimate of drug-likeness (QED) is 0.287. The largest absolute Gasteiger partial charge is 0.495 e. The summed E-state index contributed by atoms with van der Waals surface area (Å²) in [5.41, 5.74) is -0.897. The Morgan fingerprint density at radius 1 is 1.08 bits per heavy atom. The van der Waals surface area contributed by atoms with Crippen LogP contribution < -0.4 is 14.5 Å². The fourth-order valence-electron chi connectivity index (χ4n) is 2.24. The summed E-state index contributed by atoms with van der Waals surface area (Å²) in [5, 5.41) is 11.5. The van der Waals surface area contributed by atoms with Gasteiger partial charge in [-0.15, -0.1) is 0 Å². The zero-order valence-electron chi connectivity index (χ0n) is 13.2. The van der Waals surface area contributed by atoms with Crippen LogP contribution in [-0.4, -0.2) is 20.5 Å². The highest BCUT2D eigenvalue weighted by molar-refractivity contribution is 7.87. The van der Waals surface area contributed by atoms with Crippen LogP contribution in [0, 0.1) is 10.1 Å². The number of nitro benzene ring substituents is 1. The predicted molar refractivity (Wildman–Crippen MR) is 89.9 cm³/mol. The number of hydrogen-bond acceptors (Lipinski definition) is 8. The summed E-state index contributed by atoms with van der Waals surface area (Å²) < 4.78 is 40.0. The fourth-order valence-corrected chi connectivity index (χ4v) is 3.35. The number of benzene rings is 2. The van der Waals surface area contributed by atoms with E-state index in [0.29, 0.717) is 5.39 Å². The lowest BCUT2D eigenvalue weighted by Crippen LogP contribution is -2.11. The Bertz CT molecular complexity index is 1170. The summed E-state index contributed by atoms with van der Waals surface area (Å²) in [6, 6.07) is 9.97. The van der Waals surface area contributed by atoms with Gasteiger partial charge in [-0.05, 0) is 24.3 Å². The van der Waals surface area contributed by atoms with Crippen LogP contribution in [0.5, 0.6) is 11.5 Å². The summed E-state index contributed by atoms with van der Waals surface area (Å²) in [6.07, 6.45) is 0. The summed E-state index contributed by atoms with van der Waals surface area (Å²) in [7, 11) is -3.21. The first kappa shape index (κ1) is 17.4. The van der Waals surface area contributed by atoms with Crippen molar-refractivity contribution in [1.29, 1.82) is 0 Å². The first-order valence-corrected chi connectivity index (χ1v) is 8.52. The lowest BCUT2D eigenvalue weighted by Gasteiger charge is -2.10. The average Bonchev–Trinajstić information content (AvgIpc) is 2.60. The van der Waals surface area contributed by atoms with Gasteiger partial charge in [0, 0.05) is 29.7 Å². The molecule has 0 fully saturated rings. The van der Waals surface area contributed by atoms with Crippen LogP contribution in [0.4, 0.5) is 5.69 Å². The van der Waals surface area contributed by atoms with Gasteiger partial charge >= 0.3 is 15.7 Å². The molecule has 0 N–H and O–H groups in total. The van der Waals surface area contributed by atoms with Gasteiger partial charge in [-0.2, -0.15) is 8.42 Å². The maximum Gasteiger partial charge on any atom is 0.343 e. The molecule has 2 aromatic carbocycles. The van der Waals surface area contributed by atoms with E-state index in [1.807, 2.05) is 0 Å². The van der Waals surface area contributed by atoms with Gasteiger partial charge in [0.25, 0.3) is 5.69 Å². The molecule has 0 unspecified atom stereocenters. The number of hydrogen-bond donors (Lipinski definition) is 0. The molecule has 3 aromatic rings. The van der Waals surface area contributed by atoms with E-state index in [9.17, 15) is 23.3 Å². The van der Waals surface area contributed by atoms with E-state index in [1.54, 1.807) is 0 Å². The molecule has 0 amide bonds. The second kappa shape index (κ2) is 6.48. The Morgan fingerprint density at radius 2 is 1.81 bits per heavy atom. The number of methoxy groups -OCH3 is 1. The van der Waals surface area contributed by atoms with Crippen LogP contribution in [0.1, 0.15) is 0 Å². The van der Waals surface area contributed by atoms with E-state index in [1.165, 1.54) is 37.4 Å². The molecule has 0 bridgehead atoms. The van der Waals surface area contributed by atoms with Crippen LogP contribution in [-0.2, 0) is 10.1 Å². The van der Waals surface area contributed by atoms with Crippen molar-refractivity contribution in [3.8, 4) is 11.5 Å². The molecular formula is C16H11NO8S. The Labute approximate surface area is 146 Å². The lowest BCUT2D eigenvalue weighted by molar-refractivity contribution is -0.385. The molecule has 1 aromatic heterocycles. The van der Waals surface area contributed by atoms with Gasteiger partial charge in [0.2, 0.25) is 0 Å². The highest BCUT2D eigenvalue weighted by atomic mass is 32.2. The highest BCUT2D eigenvalue weighted by Crippen LogP contribution is 2.31. The van der Waals surface area contributed by atoms with Crippen molar-refractivity contribution in [3.63, 3.8) is 0 Å². The molecule has 0 spiro atoms. The highest BCUT2D eigenvalue weighted by Gasteiger charge is 2.25. The maximum atomic E-state index is 12.5. The van der Waals surface area contributed by atoms with Crippen LogP contribution in [0.3, 0.4) is 0 Å². The van der Waals surface area contributed by atoms with Crippen molar-refractivity contribution < 1.29 is 26.7 Å². The van der Waals surface area contributed by atoms with Gasteiger partial charge in [0.15, 0.2) is 4.90 Å². The lowest BCUT2D eigenvalue weighted by atomic mass is 10.2. The average molecular weight is 377 g/mol. The Morgan fingerprint density at radius 3 is 2.50 bits per heavy atom. The Hall–Kier alpha value is -3.40. The molecule has 9 nitrogen and oxygen atoms in total. The third-order valence-corrected chi connectivity index (χ3v) is 4.70. The molecule has 0 aliphatic heterocycles. The second-order valence-electron chi connectivity index (χ2n) is 5.08. The van der Waals surface area contributed by atoms with E-state index in [-0.39, 0.29) is 17.1 Å². The topological polar surface area (TPSA) is 126 Å². The number of ether oxygens (including phenoxy) is 1. The number of fused-ring (bicyclic) bond motifs is 1. The van der Waals surface area contributed by atoms with Gasteiger partial charge in [-0.25, -0.2) is 4.79 Å². The van der Waals surface area contributed by atoms with Gasteiger partial charge in [0.1, 0.15) is 17.1 Å². The molecule has 0 saturated heterocycles. The van der Waals surface area contributed by atoms with Crippen molar-refractivity contribution in [1.82, 2.24) is 0 Å². The minimum atomic E-state index is -4.44. The third-order valence-electron chi connectivity index (χ3n) is 3.43. The predicted octanol–water partition coefficient (Wildman–Crippen LogP) is 2.48. The molecular weight excluding hydrogens is 366 g/mol. The minimum Gasteiger partial charge on any atom is -0.495 e. The molecule has 0 saturated carbocycles. The molecule has 3 rings (SSSR count). The van der Waals surface area contributed by atoms with E-state index in [2.05, 4.69) is 0 Å². The van der Waals surface area contributed by atoms with Crippen molar-refractivity contribution in [2.75, 3.05) is 7.11 Å². The van der Waals surface area contributed by atoms with Gasteiger partial charge in [0.05, 0.1) is 12.0 Å². The van der Waals surface area contributed by atoms with Gasteiger partial charge < -0.3 is 13.3 Å².